The summed E-state index contributed by atoms with van der Waals surface area (Å²) in [7, 11) is 0. The van der Waals surface area contributed by atoms with E-state index in [-0.39, 0.29) is 28.5 Å². The molecule has 1 aromatic heterocycles. The van der Waals surface area contributed by atoms with Crippen LogP contribution in [0.3, 0.4) is 0 Å². The third-order valence-electron chi connectivity index (χ3n) is 3.85. The lowest BCUT2D eigenvalue weighted by molar-refractivity contribution is 0.0348. The standard InChI is InChI=1S/C15H21Cl2N3O3/c1-15(2,3)20(14(21)22)9-4-6-10(7-5-9)23-13-18-11(16)8-12(17)19-13/h8-10H,4-7H2,1-3H3,(H,21,22). The Kier molecular flexibility index (Phi) is 5.57. The highest BCUT2D eigenvalue weighted by molar-refractivity contribution is 6.33. The van der Waals surface area contributed by atoms with Crippen molar-refractivity contribution in [1.82, 2.24) is 14.9 Å². The fourth-order valence-corrected chi connectivity index (χ4v) is 3.39. The molecule has 0 spiro atoms. The zero-order valence-corrected chi connectivity index (χ0v) is 14.9. The van der Waals surface area contributed by atoms with Crippen molar-refractivity contribution in [3.63, 3.8) is 0 Å². The van der Waals surface area contributed by atoms with Crippen LogP contribution in [-0.4, -0.2) is 43.8 Å². The molecule has 8 heteroatoms. The van der Waals surface area contributed by atoms with Crippen LogP contribution in [-0.2, 0) is 0 Å². The largest absolute Gasteiger partial charge is 0.465 e. The summed E-state index contributed by atoms with van der Waals surface area (Å²) in [6, 6.07) is 1.61. The SMILES string of the molecule is CC(C)(C)N(C(=O)O)C1CCC(Oc2nc(Cl)cc(Cl)n2)CC1. The quantitative estimate of drug-likeness (QED) is 0.814. The molecule has 1 aromatic rings. The van der Waals surface area contributed by atoms with Crippen LogP contribution in [0, 0.1) is 0 Å². The van der Waals surface area contributed by atoms with Crippen LogP contribution < -0.4 is 4.74 Å². The second kappa shape index (κ2) is 7.09. The molecular weight excluding hydrogens is 341 g/mol. The predicted molar refractivity (Wildman–Crippen MR) is 88.3 cm³/mol. The molecule has 0 saturated heterocycles. The lowest BCUT2D eigenvalue weighted by Gasteiger charge is -2.42. The second-order valence-corrected chi connectivity index (χ2v) is 7.44. The van der Waals surface area contributed by atoms with Gasteiger partial charge in [-0.2, -0.15) is 9.97 Å². The predicted octanol–water partition coefficient (Wildman–Crippen LogP) is 4.25. The maximum Gasteiger partial charge on any atom is 0.407 e. The van der Waals surface area contributed by atoms with Crippen LogP contribution >= 0.6 is 23.2 Å². The molecule has 1 amide bonds. The summed E-state index contributed by atoms with van der Waals surface area (Å²) in [5.74, 6) is 0. The average Bonchev–Trinajstić information content (AvgIpc) is 2.37. The normalized spacial score (nSPS) is 21.8. The van der Waals surface area contributed by atoms with Gasteiger partial charge in [0.1, 0.15) is 16.4 Å². The van der Waals surface area contributed by atoms with Crippen LogP contribution in [0.4, 0.5) is 4.79 Å². The maximum atomic E-state index is 11.5. The molecule has 1 N–H and O–H groups in total. The Labute approximate surface area is 145 Å². The molecule has 1 aliphatic rings. The first-order valence-corrected chi connectivity index (χ1v) is 8.31. The number of halogens is 2. The van der Waals surface area contributed by atoms with Gasteiger partial charge in [-0.3, -0.25) is 0 Å². The van der Waals surface area contributed by atoms with Crippen molar-refractivity contribution in [3.05, 3.63) is 16.4 Å². The second-order valence-electron chi connectivity index (χ2n) is 6.67. The number of carbonyl (C=O) groups is 1. The molecule has 1 aliphatic carbocycles. The van der Waals surface area contributed by atoms with Crippen LogP contribution in [0.15, 0.2) is 6.07 Å². The minimum atomic E-state index is -0.883. The fraction of sp³-hybridized carbons (Fsp3) is 0.667. The average molecular weight is 362 g/mol. The van der Waals surface area contributed by atoms with Crippen molar-refractivity contribution in [2.24, 2.45) is 0 Å². The third kappa shape index (κ3) is 4.85. The van der Waals surface area contributed by atoms with Crippen molar-refractivity contribution in [2.45, 2.75) is 64.1 Å². The summed E-state index contributed by atoms with van der Waals surface area (Å²) in [6.07, 6.45) is 2.00. The monoisotopic (exact) mass is 361 g/mol. The van der Waals surface area contributed by atoms with E-state index in [1.165, 1.54) is 11.0 Å². The molecule has 1 saturated carbocycles. The molecule has 128 valence electrons. The Morgan fingerprint density at radius 3 is 2.17 bits per heavy atom. The number of nitrogens with zero attached hydrogens (tertiary/aromatic N) is 3. The minimum absolute atomic E-state index is 0.00350. The minimum Gasteiger partial charge on any atom is -0.465 e. The topological polar surface area (TPSA) is 75.6 Å². The van der Waals surface area contributed by atoms with Gasteiger partial charge in [-0.25, -0.2) is 4.79 Å². The molecule has 0 bridgehead atoms. The molecule has 0 aliphatic heterocycles. The van der Waals surface area contributed by atoms with Crippen LogP contribution in [0.25, 0.3) is 0 Å². The van der Waals surface area contributed by atoms with E-state index in [1.54, 1.807) is 0 Å². The summed E-state index contributed by atoms with van der Waals surface area (Å²) in [6.45, 7) is 5.72. The van der Waals surface area contributed by atoms with Gasteiger partial charge < -0.3 is 14.7 Å². The van der Waals surface area contributed by atoms with E-state index in [2.05, 4.69) is 9.97 Å². The van der Waals surface area contributed by atoms with E-state index < -0.39 is 11.6 Å². The van der Waals surface area contributed by atoms with Gasteiger partial charge in [0, 0.05) is 17.6 Å². The molecule has 1 heterocycles. The number of carboxylic acid groups (broad SMARTS) is 1. The molecule has 2 rings (SSSR count). The Bertz CT molecular complexity index is 549. The zero-order valence-electron chi connectivity index (χ0n) is 13.4. The van der Waals surface area contributed by atoms with Gasteiger partial charge >= 0.3 is 12.1 Å². The first-order valence-electron chi connectivity index (χ1n) is 7.56. The molecular formula is C15H21Cl2N3O3. The Hall–Kier alpha value is -1.27. The van der Waals surface area contributed by atoms with Crippen molar-refractivity contribution < 1.29 is 14.6 Å². The molecule has 0 aromatic carbocycles. The van der Waals surface area contributed by atoms with Gasteiger partial charge in [-0.15, -0.1) is 0 Å². The van der Waals surface area contributed by atoms with E-state index in [0.717, 1.165) is 25.7 Å². The Balaban J connectivity index is 1.96. The smallest absolute Gasteiger partial charge is 0.407 e. The van der Waals surface area contributed by atoms with Crippen LogP contribution in [0.5, 0.6) is 6.01 Å². The molecule has 23 heavy (non-hydrogen) atoms. The lowest BCUT2D eigenvalue weighted by atomic mass is 9.89. The number of hydrogen-bond donors (Lipinski definition) is 1. The summed E-state index contributed by atoms with van der Waals surface area (Å²) in [5, 5.41) is 9.94. The number of hydrogen-bond acceptors (Lipinski definition) is 4. The van der Waals surface area contributed by atoms with E-state index >= 15 is 0 Å². The highest BCUT2D eigenvalue weighted by atomic mass is 35.5. The molecule has 6 nitrogen and oxygen atoms in total. The van der Waals surface area contributed by atoms with Gasteiger partial charge in [-0.1, -0.05) is 23.2 Å². The van der Waals surface area contributed by atoms with Crippen molar-refractivity contribution in [1.29, 1.82) is 0 Å². The fourth-order valence-electron chi connectivity index (χ4n) is 2.98. The van der Waals surface area contributed by atoms with Gasteiger partial charge in [-0.05, 0) is 46.5 Å². The van der Waals surface area contributed by atoms with Gasteiger partial charge in [0.25, 0.3) is 0 Å². The highest BCUT2D eigenvalue weighted by Gasteiger charge is 2.36. The van der Waals surface area contributed by atoms with Crippen LogP contribution in [0.2, 0.25) is 10.3 Å². The zero-order chi connectivity index (χ0) is 17.2. The molecule has 1 fully saturated rings. The molecule has 0 unspecified atom stereocenters. The lowest BCUT2D eigenvalue weighted by Crippen LogP contribution is -2.52. The summed E-state index contributed by atoms with van der Waals surface area (Å²) >= 11 is 11.7. The highest BCUT2D eigenvalue weighted by Crippen LogP contribution is 2.30. The van der Waals surface area contributed by atoms with E-state index in [0.29, 0.717) is 0 Å². The first kappa shape index (κ1) is 18.1. The third-order valence-corrected chi connectivity index (χ3v) is 4.24. The number of aromatic nitrogens is 2. The van der Waals surface area contributed by atoms with Crippen LogP contribution in [0.1, 0.15) is 46.5 Å². The van der Waals surface area contributed by atoms with E-state index in [9.17, 15) is 9.90 Å². The summed E-state index contributed by atoms with van der Waals surface area (Å²) < 4.78 is 5.73. The van der Waals surface area contributed by atoms with Gasteiger partial charge in [0.15, 0.2) is 0 Å². The van der Waals surface area contributed by atoms with Crippen molar-refractivity contribution in [3.8, 4) is 6.01 Å². The summed E-state index contributed by atoms with van der Waals surface area (Å²) in [4.78, 5) is 21.1. The summed E-state index contributed by atoms with van der Waals surface area (Å²) in [5.41, 5.74) is -0.423. The molecule has 0 radical (unpaired) electrons. The van der Waals surface area contributed by atoms with Crippen molar-refractivity contribution in [2.75, 3.05) is 0 Å². The number of rotatable bonds is 3. The number of amides is 1. The van der Waals surface area contributed by atoms with Crippen molar-refractivity contribution >= 4 is 29.3 Å². The Morgan fingerprint density at radius 1 is 1.22 bits per heavy atom. The Morgan fingerprint density at radius 2 is 1.74 bits per heavy atom. The molecule has 0 atom stereocenters. The number of ether oxygens (including phenoxy) is 1. The van der Waals surface area contributed by atoms with E-state index in [4.69, 9.17) is 27.9 Å². The van der Waals surface area contributed by atoms with Gasteiger partial charge in [0.05, 0.1) is 0 Å². The first-order chi connectivity index (χ1) is 10.7. The van der Waals surface area contributed by atoms with E-state index in [1.807, 2.05) is 20.8 Å². The van der Waals surface area contributed by atoms with Gasteiger partial charge in [0.2, 0.25) is 0 Å². The maximum absolute atomic E-state index is 11.5.